The Morgan fingerprint density at radius 2 is 1.57 bits per heavy atom. The van der Waals surface area contributed by atoms with E-state index in [2.05, 4.69) is 5.32 Å². The van der Waals surface area contributed by atoms with Crippen LogP contribution in [0.3, 0.4) is 0 Å². The second-order valence-corrected chi connectivity index (χ2v) is 11.1. The number of unbranched alkanes of at least 4 members (excludes halogenated alkanes) is 1. The van der Waals surface area contributed by atoms with Crippen molar-refractivity contribution in [2.45, 2.75) is 71.9 Å². The van der Waals surface area contributed by atoms with Crippen molar-refractivity contribution in [3.05, 3.63) is 65.5 Å². The Kier molecular flexibility index (Phi) is 12.0. The van der Waals surface area contributed by atoms with Gasteiger partial charge in [0.15, 0.2) is 0 Å². The van der Waals surface area contributed by atoms with Crippen LogP contribution in [0.1, 0.15) is 64.0 Å². The van der Waals surface area contributed by atoms with Gasteiger partial charge in [-0.1, -0.05) is 51.5 Å². The van der Waals surface area contributed by atoms with Crippen molar-refractivity contribution in [2.24, 2.45) is 0 Å². The van der Waals surface area contributed by atoms with E-state index in [1.54, 1.807) is 24.3 Å². The number of nitrogens with zero attached hydrogens (tertiary/aromatic N) is 2. The summed E-state index contributed by atoms with van der Waals surface area (Å²) < 4.78 is 39.7. The summed E-state index contributed by atoms with van der Waals surface area (Å²) in [5, 5.41) is 2.91. The van der Waals surface area contributed by atoms with Gasteiger partial charge in [-0.3, -0.25) is 13.9 Å². The molecule has 0 saturated carbocycles. The molecule has 0 radical (unpaired) electrons. The number of nitrogens with one attached hydrogen (secondary N) is 1. The van der Waals surface area contributed by atoms with E-state index in [0.29, 0.717) is 24.2 Å². The highest BCUT2D eigenvalue weighted by atomic mass is 32.2. The lowest BCUT2D eigenvalue weighted by atomic mass is 10.1. The average molecular weight is 534 g/mol. The summed E-state index contributed by atoms with van der Waals surface area (Å²) in [7, 11) is -3.55. The summed E-state index contributed by atoms with van der Waals surface area (Å²) in [6.07, 6.45) is 4.56. The van der Waals surface area contributed by atoms with Crippen molar-refractivity contribution in [1.82, 2.24) is 10.2 Å². The Morgan fingerprint density at radius 3 is 2.11 bits per heavy atom. The third-order valence-electron chi connectivity index (χ3n) is 6.27. The average Bonchev–Trinajstić information content (AvgIpc) is 2.87. The van der Waals surface area contributed by atoms with Gasteiger partial charge in [0.25, 0.3) is 0 Å². The minimum atomic E-state index is -3.55. The quantitative estimate of drug-likeness (QED) is 0.338. The summed E-state index contributed by atoms with van der Waals surface area (Å²) in [5.74, 6) is -0.851. The molecule has 0 aliphatic rings. The number of carbonyl (C=O) groups is 2. The molecule has 2 amide bonds. The summed E-state index contributed by atoms with van der Waals surface area (Å²) in [4.78, 5) is 27.9. The molecular formula is C28H40FN3O4S. The van der Waals surface area contributed by atoms with E-state index in [0.717, 1.165) is 31.1 Å². The molecule has 2 rings (SSSR count). The molecular weight excluding hydrogens is 493 g/mol. The predicted octanol–water partition coefficient (Wildman–Crippen LogP) is 4.66. The van der Waals surface area contributed by atoms with Crippen molar-refractivity contribution >= 4 is 27.5 Å². The molecule has 0 bridgehead atoms. The van der Waals surface area contributed by atoms with E-state index in [4.69, 9.17) is 0 Å². The van der Waals surface area contributed by atoms with Crippen LogP contribution in [0, 0.1) is 5.82 Å². The molecule has 0 aliphatic heterocycles. The van der Waals surface area contributed by atoms with Gasteiger partial charge in [-0.25, -0.2) is 12.8 Å². The van der Waals surface area contributed by atoms with Crippen LogP contribution in [-0.2, 0) is 32.6 Å². The van der Waals surface area contributed by atoms with Crippen molar-refractivity contribution in [3.63, 3.8) is 0 Å². The van der Waals surface area contributed by atoms with Crippen molar-refractivity contribution in [3.8, 4) is 0 Å². The first kappa shape index (κ1) is 30.3. The fourth-order valence-electron chi connectivity index (χ4n) is 4.11. The largest absolute Gasteiger partial charge is 0.354 e. The molecule has 0 saturated heterocycles. The maximum atomic E-state index is 13.4. The molecule has 2 aromatic carbocycles. The number of benzene rings is 2. The number of sulfonamides is 1. The number of rotatable bonds is 15. The van der Waals surface area contributed by atoms with Crippen LogP contribution in [0.4, 0.5) is 10.1 Å². The van der Waals surface area contributed by atoms with Crippen LogP contribution < -0.4 is 9.62 Å². The second kappa shape index (κ2) is 14.7. The maximum absolute atomic E-state index is 13.4. The van der Waals surface area contributed by atoms with E-state index < -0.39 is 16.1 Å². The fourth-order valence-corrected chi connectivity index (χ4v) is 5.08. The Hall–Kier alpha value is -2.94. The molecule has 9 heteroatoms. The Morgan fingerprint density at radius 1 is 0.946 bits per heavy atom. The number of hydrogen-bond donors (Lipinski definition) is 1. The van der Waals surface area contributed by atoms with E-state index in [9.17, 15) is 22.4 Å². The molecule has 2 aromatic rings. The van der Waals surface area contributed by atoms with Crippen molar-refractivity contribution in [1.29, 1.82) is 0 Å². The smallest absolute Gasteiger partial charge is 0.242 e. The Bertz CT molecular complexity index is 1110. The normalized spacial score (nSPS) is 12.1. The number of carbonyl (C=O) groups excluding carboxylic acids is 2. The molecule has 1 N–H and O–H groups in total. The van der Waals surface area contributed by atoms with Gasteiger partial charge in [-0.05, 0) is 61.1 Å². The number of amides is 2. The summed E-state index contributed by atoms with van der Waals surface area (Å²) in [6.45, 7) is 6.74. The van der Waals surface area contributed by atoms with Crippen molar-refractivity contribution < 1.29 is 22.4 Å². The lowest BCUT2D eigenvalue weighted by Crippen LogP contribution is -2.49. The molecule has 0 heterocycles. The van der Waals surface area contributed by atoms with Crippen LogP contribution in [-0.4, -0.2) is 50.5 Å². The fraction of sp³-hybridized carbons (Fsp3) is 0.500. The van der Waals surface area contributed by atoms with E-state index in [1.165, 1.54) is 21.3 Å². The van der Waals surface area contributed by atoms with Gasteiger partial charge in [0.1, 0.15) is 11.9 Å². The van der Waals surface area contributed by atoms with Crippen LogP contribution >= 0.6 is 0 Å². The van der Waals surface area contributed by atoms with Gasteiger partial charge >= 0.3 is 0 Å². The highest BCUT2D eigenvalue weighted by Crippen LogP contribution is 2.20. The van der Waals surface area contributed by atoms with Crippen LogP contribution in [0.2, 0.25) is 0 Å². The van der Waals surface area contributed by atoms with E-state index in [1.807, 2.05) is 32.9 Å². The van der Waals surface area contributed by atoms with Crippen LogP contribution in [0.5, 0.6) is 0 Å². The molecule has 204 valence electrons. The summed E-state index contributed by atoms with van der Waals surface area (Å²) >= 11 is 0. The monoisotopic (exact) mass is 533 g/mol. The SMILES string of the molecule is CCCCNC(=O)[C@H](CC)N(Cc1ccc(F)cc1)C(=O)CCCN(c1ccc(CC)cc1)S(C)(=O)=O. The summed E-state index contributed by atoms with van der Waals surface area (Å²) in [6, 6.07) is 12.5. The van der Waals surface area contributed by atoms with Gasteiger partial charge in [0.2, 0.25) is 21.8 Å². The third kappa shape index (κ3) is 9.46. The number of halogens is 1. The van der Waals surface area contributed by atoms with Gasteiger partial charge in [0.05, 0.1) is 11.9 Å². The third-order valence-corrected chi connectivity index (χ3v) is 7.46. The Labute approximate surface area is 221 Å². The molecule has 0 unspecified atom stereocenters. The maximum Gasteiger partial charge on any atom is 0.242 e. The number of aryl methyl sites for hydroxylation is 1. The highest BCUT2D eigenvalue weighted by Gasteiger charge is 2.28. The lowest BCUT2D eigenvalue weighted by molar-refractivity contribution is -0.141. The molecule has 0 aliphatic carbocycles. The molecule has 1 atom stereocenters. The van der Waals surface area contributed by atoms with E-state index in [-0.39, 0.29) is 43.6 Å². The van der Waals surface area contributed by atoms with Gasteiger partial charge in [-0.2, -0.15) is 0 Å². The van der Waals surface area contributed by atoms with Crippen LogP contribution in [0.15, 0.2) is 48.5 Å². The second-order valence-electron chi connectivity index (χ2n) is 9.18. The Balaban J connectivity index is 2.18. The molecule has 37 heavy (non-hydrogen) atoms. The van der Waals surface area contributed by atoms with Gasteiger partial charge in [-0.15, -0.1) is 0 Å². The summed E-state index contributed by atoms with van der Waals surface area (Å²) in [5.41, 5.74) is 2.37. The number of anilines is 1. The minimum Gasteiger partial charge on any atom is -0.354 e. The van der Waals surface area contributed by atoms with Crippen LogP contribution in [0.25, 0.3) is 0 Å². The molecule has 0 aromatic heterocycles. The minimum absolute atomic E-state index is 0.0685. The van der Waals surface area contributed by atoms with Gasteiger partial charge < -0.3 is 10.2 Å². The zero-order valence-corrected chi connectivity index (χ0v) is 23.2. The van der Waals surface area contributed by atoms with Crippen molar-refractivity contribution in [2.75, 3.05) is 23.7 Å². The van der Waals surface area contributed by atoms with Gasteiger partial charge in [0, 0.05) is 26.1 Å². The predicted molar refractivity (Wildman–Crippen MR) is 146 cm³/mol. The molecule has 7 nitrogen and oxygen atoms in total. The molecule has 0 fully saturated rings. The zero-order chi connectivity index (χ0) is 27.4. The first-order valence-electron chi connectivity index (χ1n) is 13.0. The number of hydrogen-bond acceptors (Lipinski definition) is 4. The highest BCUT2D eigenvalue weighted by molar-refractivity contribution is 7.92. The lowest BCUT2D eigenvalue weighted by Gasteiger charge is -2.31. The topological polar surface area (TPSA) is 86.8 Å². The standard InChI is InChI=1S/C28H40FN3O4S/c1-5-8-19-30-28(34)26(7-3)31(21-23-11-15-24(29)16-12-23)27(33)10-9-20-32(37(4,35)36)25-17-13-22(6-2)14-18-25/h11-18,26H,5-10,19-21H2,1-4H3,(H,30,34)/t26-/m0/s1. The van der Waals surface area contributed by atoms with E-state index >= 15 is 0 Å². The molecule has 0 spiro atoms. The zero-order valence-electron chi connectivity index (χ0n) is 22.4. The first-order valence-corrected chi connectivity index (χ1v) is 14.8. The first-order chi connectivity index (χ1) is 17.6.